The second kappa shape index (κ2) is 5.36. The molecule has 4 N–H and O–H groups in total. The number of carbonyl (C=O) groups excluding carboxylic acids is 1. The lowest BCUT2D eigenvalue weighted by molar-refractivity contribution is -0.119. The van der Waals surface area contributed by atoms with Crippen molar-refractivity contribution in [1.82, 2.24) is 0 Å². The Morgan fingerprint density at radius 2 is 2.20 bits per heavy atom. The highest BCUT2D eigenvalue weighted by Crippen LogP contribution is 2.23. The quantitative estimate of drug-likeness (QED) is 0.733. The van der Waals surface area contributed by atoms with Gasteiger partial charge in [0, 0.05) is 0 Å². The first-order valence-electron chi connectivity index (χ1n) is 4.84. The SMILES string of the molecule is Cc1cccc(CCN)c1OCC(N)=O. The molecule has 0 atom stereocenters. The van der Waals surface area contributed by atoms with Gasteiger partial charge in [0.15, 0.2) is 6.61 Å². The Bertz CT molecular complexity index is 350. The summed E-state index contributed by atoms with van der Waals surface area (Å²) < 4.78 is 5.35. The number of carbonyl (C=O) groups is 1. The molecule has 0 fully saturated rings. The summed E-state index contributed by atoms with van der Waals surface area (Å²) >= 11 is 0. The molecule has 82 valence electrons. The zero-order chi connectivity index (χ0) is 11.3. The Hall–Kier alpha value is -1.55. The lowest BCUT2D eigenvalue weighted by atomic mass is 10.1. The molecule has 0 saturated carbocycles. The van der Waals surface area contributed by atoms with Crippen molar-refractivity contribution >= 4 is 5.91 Å². The van der Waals surface area contributed by atoms with Gasteiger partial charge >= 0.3 is 0 Å². The minimum atomic E-state index is -0.475. The number of nitrogens with two attached hydrogens (primary N) is 2. The molecule has 0 saturated heterocycles. The van der Waals surface area contributed by atoms with Gasteiger partial charge in [0.05, 0.1) is 0 Å². The van der Waals surface area contributed by atoms with Crippen LogP contribution in [0.4, 0.5) is 0 Å². The monoisotopic (exact) mass is 208 g/mol. The largest absolute Gasteiger partial charge is 0.483 e. The van der Waals surface area contributed by atoms with Crippen LogP contribution in [-0.2, 0) is 11.2 Å². The van der Waals surface area contributed by atoms with E-state index in [1.54, 1.807) is 0 Å². The molecule has 4 nitrogen and oxygen atoms in total. The maximum Gasteiger partial charge on any atom is 0.255 e. The fraction of sp³-hybridized carbons (Fsp3) is 0.364. The molecular formula is C11H16N2O2. The average molecular weight is 208 g/mol. The molecule has 1 rings (SSSR count). The summed E-state index contributed by atoms with van der Waals surface area (Å²) in [5.74, 6) is 0.249. The van der Waals surface area contributed by atoms with E-state index in [9.17, 15) is 4.79 Å². The number of ether oxygens (including phenoxy) is 1. The predicted octanol–water partition coefficient (Wildman–Crippen LogP) is 0.360. The van der Waals surface area contributed by atoms with Crippen LogP contribution in [0.1, 0.15) is 11.1 Å². The number of benzene rings is 1. The van der Waals surface area contributed by atoms with Crippen LogP contribution < -0.4 is 16.2 Å². The Morgan fingerprint density at radius 3 is 2.80 bits per heavy atom. The maximum atomic E-state index is 10.6. The maximum absolute atomic E-state index is 10.6. The molecule has 0 aliphatic carbocycles. The average Bonchev–Trinajstić information content (AvgIpc) is 2.17. The summed E-state index contributed by atoms with van der Waals surface area (Å²) in [6.07, 6.45) is 0.732. The van der Waals surface area contributed by atoms with E-state index in [1.165, 1.54) is 0 Å². The molecule has 15 heavy (non-hydrogen) atoms. The molecular weight excluding hydrogens is 192 g/mol. The van der Waals surface area contributed by atoms with Crippen molar-refractivity contribution in [3.63, 3.8) is 0 Å². The molecule has 1 amide bonds. The van der Waals surface area contributed by atoms with Gasteiger partial charge in [-0.3, -0.25) is 4.79 Å². The summed E-state index contributed by atoms with van der Waals surface area (Å²) in [5.41, 5.74) is 12.5. The molecule has 0 unspecified atom stereocenters. The fourth-order valence-electron chi connectivity index (χ4n) is 1.42. The van der Waals surface area contributed by atoms with Crippen LogP contribution in [0.3, 0.4) is 0 Å². The van der Waals surface area contributed by atoms with Crippen molar-refractivity contribution in [3.8, 4) is 5.75 Å². The third kappa shape index (κ3) is 3.25. The Kier molecular flexibility index (Phi) is 4.12. The van der Waals surface area contributed by atoms with Crippen molar-refractivity contribution in [2.24, 2.45) is 11.5 Å². The lowest BCUT2D eigenvalue weighted by Crippen LogP contribution is -2.21. The first-order chi connectivity index (χ1) is 7.15. The van der Waals surface area contributed by atoms with Crippen LogP contribution in [0.2, 0.25) is 0 Å². The Morgan fingerprint density at radius 1 is 1.47 bits per heavy atom. The van der Waals surface area contributed by atoms with E-state index >= 15 is 0 Å². The molecule has 0 bridgehead atoms. The van der Waals surface area contributed by atoms with Crippen molar-refractivity contribution in [3.05, 3.63) is 29.3 Å². The number of amides is 1. The zero-order valence-corrected chi connectivity index (χ0v) is 8.82. The summed E-state index contributed by atoms with van der Waals surface area (Å²) in [4.78, 5) is 10.6. The van der Waals surface area contributed by atoms with Gasteiger partial charge in [-0.2, -0.15) is 0 Å². The molecule has 0 radical (unpaired) electrons. The van der Waals surface area contributed by atoms with Gasteiger partial charge in [-0.25, -0.2) is 0 Å². The number of hydrogen-bond donors (Lipinski definition) is 2. The van der Waals surface area contributed by atoms with E-state index in [0.717, 1.165) is 23.3 Å². The first kappa shape index (κ1) is 11.5. The summed E-state index contributed by atoms with van der Waals surface area (Å²) in [5, 5.41) is 0. The van der Waals surface area contributed by atoms with E-state index in [0.29, 0.717) is 6.54 Å². The van der Waals surface area contributed by atoms with Crippen LogP contribution >= 0.6 is 0 Å². The third-order valence-electron chi connectivity index (χ3n) is 2.07. The van der Waals surface area contributed by atoms with E-state index in [1.807, 2.05) is 25.1 Å². The highest BCUT2D eigenvalue weighted by atomic mass is 16.5. The molecule has 1 aromatic carbocycles. The van der Waals surface area contributed by atoms with Gasteiger partial charge in [0.1, 0.15) is 5.75 Å². The zero-order valence-electron chi connectivity index (χ0n) is 8.82. The van der Waals surface area contributed by atoms with E-state index in [2.05, 4.69) is 0 Å². The Balaban J connectivity index is 2.86. The van der Waals surface area contributed by atoms with Crippen molar-refractivity contribution in [1.29, 1.82) is 0 Å². The molecule has 0 aliphatic heterocycles. The van der Waals surface area contributed by atoms with Crippen LogP contribution in [0.15, 0.2) is 18.2 Å². The van der Waals surface area contributed by atoms with E-state index in [4.69, 9.17) is 16.2 Å². The number of aryl methyl sites for hydroxylation is 1. The molecule has 0 aliphatic rings. The highest BCUT2D eigenvalue weighted by Gasteiger charge is 2.07. The predicted molar refractivity (Wildman–Crippen MR) is 58.6 cm³/mol. The van der Waals surface area contributed by atoms with Gasteiger partial charge in [0.25, 0.3) is 5.91 Å². The summed E-state index contributed by atoms with van der Waals surface area (Å²) in [6.45, 7) is 2.38. The van der Waals surface area contributed by atoms with Gasteiger partial charge in [-0.1, -0.05) is 18.2 Å². The topological polar surface area (TPSA) is 78.3 Å². The lowest BCUT2D eigenvalue weighted by Gasteiger charge is -2.12. The second-order valence-corrected chi connectivity index (χ2v) is 3.36. The third-order valence-corrected chi connectivity index (χ3v) is 2.07. The van der Waals surface area contributed by atoms with Crippen LogP contribution in [0.5, 0.6) is 5.75 Å². The molecule has 4 heteroatoms. The molecule has 0 spiro atoms. The molecule has 1 aromatic rings. The number of para-hydroxylation sites is 1. The van der Waals surface area contributed by atoms with Crippen LogP contribution in [-0.4, -0.2) is 19.1 Å². The number of primary amides is 1. The highest BCUT2D eigenvalue weighted by molar-refractivity contribution is 5.75. The van der Waals surface area contributed by atoms with Gasteiger partial charge in [-0.15, -0.1) is 0 Å². The van der Waals surface area contributed by atoms with Gasteiger partial charge in [-0.05, 0) is 31.0 Å². The van der Waals surface area contributed by atoms with Gasteiger partial charge < -0.3 is 16.2 Å². The smallest absolute Gasteiger partial charge is 0.255 e. The van der Waals surface area contributed by atoms with Crippen LogP contribution in [0, 0.1) is 6.92 Å². The second-order valence-electron chi connectivity index (χ2n) is 3.36. The molecule has 0 aromatic heterocycles. The van der Waals surface area contributed by atoms with Crippen molar-refractivity contribution in [2.45, 2.75) is 13.3 Å². The summed E-state index contributed by atoms with van der Waals surface area (Å²) in [6, 6.07) is 5.81. The van der Waals surface area contributed by atoms with Crippen LogP contribution in [0.25, 0.3) is 0 Å². The fourth-order valence-corrected chi connectivity index (χ4v) is 1.42. The minimum Gasteiger partial charge on any atom is -0.483 e. The number of hydrogen-bond acceptors (Lipinski definition) is 3. The van der Waals surface area contributed by atoms with E-state index in [-0.39, 0.29) is 6.61 Å². The normalized spacial score (nSPS) is 10.0. The Labute approximate surface area is 89.2 Å². The van der Waals surface area contributed by atoms with Crippen molar-refractivity contribution in [2.75, 3.05) is 13.2 Å². The number of rotatable bonds is 5. The van der Waals surface area contributed by atoms with Crippen molar-refractivity contribution < 1.29 is 9.53 Å². The van der Waals surface area contributed by atoms with Gasteiger partial charge in [0.2, 0.25) is 0 Å². The minimum absolute atomic E-state index is 0.0948. The standard InChI is InChI=1S/C11H16N2O2/c1-8-3-2-4-9(5-6-12)11(8)15-7-10(13)14/h2-4H,5-7,12H2,1H3,(H2,13,14). The molecule has 0 heterocycles. The summed E-state index contributed by atoms with van der Waals surface area (Å²) in [7, 11) is 0. The van der Waals surface area contributed by atoms with E-state index < -0.39 is 5.91 Å². The first-order valence-corrected chi connectivity index (χ1v) is 4.84.